The van der Waals surface area contributed by atoms with Gasteiger partial charge in [0.2, 0.25) is 5.88 Å². The molecular formula is C13H23N3O. The van der Waals surface area contributed by atoms with Gasteiger partial charge in [-0.05, 0) is 40.4 Å². The van der Waals surface area contributed by atoms with Gasteiger partial charge in [0.25, 0.3) is 0 Å². The summed E-state index contributed by atoms with van der Waals surface area (Å²) in [5, 5.41) is 0. The zero-order valence-corrected chi connectivity index (χ0v) is 11.4. The third-order valence-electron chi connectivity index (χ3n) is 3.07. The van der Waals surface area contributed by atoms with E-state index in [4.69, 9.17) is 10.5 Å². The van der Waals surface area contributed by atoms with Crippen molar-refractivity contribution in [3.8, 4) is 5.88 Å². The fourth-order valence-corrected chi connectivity index (χ4v) is 1.13. The third-order valence-corrected chi connectivity index (χ3v) is 3.07. The molecule has 1 heterocycles. The molecular weight excluding hydrogens is 214 g/mol. The number of aromatic nitrogens is 1. The van der Waals surface area contributed by atoms with Gasteiger partial charge in [-0.2, -0.15) is 0 Å². The van der Waals surface area contributed by atoms with Crippen LogP contribution in [0, 0.1) is 0 Å². The maximum atomic E-state index is 5.76. The molecule has 0 fully saturated rings. The van der Waals surface area contributed by atoms with E-state index >= 15 is 0 Å². The van der Waals surface area contributed by atoms with E-state index in [2.05, 4.69) is 23.7 Å². The van der Waals surface area contributed by atoms with Crippen LogP contribution in [0.2, 0.25) is 0 Å². The summed E-state index contributed by atoms with van der Waals surface area (Å²) < 4.78 is 5.67. The van der Waals surface area contributed by atoms with Crippen molar-refractivity contribution >= 4 is 0 Å². The summed E-state index contributed by atoms with van der Waals surface area (Å²) in [5.41, 5.74) is 6.76. The highest BCUT2D eigenvalue weighted by Gasteiger charge is 2.21. The first kappa shape index (κ1) is 13.9. The van der Waals surface area contributed by atoms with Crippen molar-refractivity contribution in [1.29, 1.82) is 0 Å². The number of hydrogen-bond acceptors (Lipinski definition) is 4. The highest BCUT2D eigenvalue weighted by molar-refractivity contribution is 5.20. The van der Waals surface area contributed by atoms with Crippen molar-refractivity contribution in [3.05, 3.63) is 23.9 Å². The molecule has 0 aliphatic carbocycles. The van der Waals surface area contributed by atoms with Crippen LogP contribution in [-0.4, -0.2) is 36.1 Å². The van der Waals surface area contributed by atoms with E-state index < -0.39 is 0 Å². The molecule has 0 aromatic carbocycles. The minimum absolute atomic E-state index is 0.00904. The summed E-state index contributed by atoms with van der Waals surface area (Å²) in [7, 11) is 4.08. The summed E-state index contributed by atoms with van der Waals surface area (Å²) in [6.07, 6.45) is 1.77. The molecule has 1 aromatic rings. The van der Waals surface area contributed by atoms with Gasteiger partial charge in [-0.15, -0.1) is 0 Å². The van der Waals surface area contributed by atoms with Crippen LogP contribution in [0.25, 0.3) is 0 Å². The lowest BCUT2D eigenvalue weighted by atomic mass is 10.1. The largest absolute Gasteiger partial charge is 0.476 e. The number of nitrogens with zero attached hydrogens (tertiary/aromatic N) is 2. The quantitative estimate of drug-likeness (QED) is 0.848. The zero-order valence-electron chi connectivity index (χ0n) is 11.4. The maximum Gasteiger partial charge on any atom is 0.213 e. The zero-order chi connectivity index (χ0) is 13.1. The molecule has 4 nitrogen and oxygen atoms in total. The van der Waals surface area contributed by atoms with Crippen molar-refractivity contribution in [3.63, 3.8) is 0 Å². The third kappa shape index (κ3) is 3.98. The summed E-state index contributed by atoms with van der Waals surface area (Å²) in [4.78, 5) is 6.37. The van der Waals surface area contributed by atoms with E-state index in [1.54, 1.807) is 6.20 Å². The molecule has 0 saturated heterocycles. The molecule has 1 aromatic heterocycles. The second-order valence-corrected chi connectivity index (χ2v) is 5.21. The van der Waals surface area contributed by atoms with Crippen LogP contribution >= 0.6 is 0 Å². The first-order valence-corrected chi connectivity index (χ1v) is 5.84. The fourth-order valence-electron chi connectivity index (χ4n) is 1.13. The Balaban J connectivity index is 2.59. The Hall–Kier alpha value is -1.13. The van der Waals surface area contributed by atoms with Crippen molar-refractivity contribution in [2.45, 2.75) is 32.4 Å². The number of nitrogens with two attached hydrogens (primary N) is 1. The molecule has 0 bridgehead atoms. The van der Waals surface area contributed by atoms with Crippen LogP contribution < -0.4 is 10.5 Å². The van der Waals surface area contributed by atoms with Crippen LogP contribution in [0.5, 0.6) is 5.88 Å². The van der Waals surface area contributed by atoms with E-state index in [1.807, 2.05) is 33.2 Å². The van der Waals surface area contributed by atoms with Crippen molar-refractivity contribution in [2.24, 2.45) is 5.73 Å². The van der Waals surface area contributed by atoms with Gasteiger partial charge in [-0.25, -0.2) is 4.98 Å². The van der Waals surface area contributed by atoms with E-state index in [1.165, 1.54) is 0 Å². The smallest absolute Gasteiger partial charge is 0.213 e. The Bertz CT molecular complexity index is 344. The number of ether oxygens (including phenoxy) is 1. The standard InChI is InChI=1S/C13H23N3O/c1-10(14)11-6-7-12(15-8-11)17-9-13(2,3)16(4)5/h6-8,10H,9,14H2,1-5H3. The normalized spacial score (nSPS) is 13.8. The molecule has 0 radical (unpaired) electrons. The number of rotatable bonds is 5. The van der Waals surface area contributed by atoms with Gasteiger partial charge in [0.15, 0.2) is 0 Å². The average molecular weight is 237 g/mol. The number of likely N-dealkylation sites (N-methyl/N-ethyl adjacent to an activating group) is 1. The molecule has 0 aliphatic heterocycles. The van der Waals surface area contributed by atoms with E-state index in [-0.39, 0.29) is 11.6 Å². The Kier molecular flexibility index (Phi) is 4.48. The molecule has 2 N–H and O–H groups in total. The highest BCUT2D eigenvalue weighted by Crippen LogP contribution is 2.15. The summed E-state index contributed by atoms with van der Waals surface area (Å²) in [6, 6.07) is 3.83. The molecule has 0 saturated carbocycles. The second kappa shape index (κ2) is 5.47. The van der Waals surface area contributed by atoms with E-state index in [0.29, 0.717) is 12.5 Å². The predicted molar refractivity (Wildman–Crippen MR) is 70.1 cm³/mol. The van der Waals surface area contributed by atoms with Gasteiger partial charge in [0, 0.05) is 23.8 Å². The molecule has 1 atom stereocenters. The molecule has 0 spiro atoms. The van der Waals surface area contributed by atoms with E-state index in [9.17, 15) is 0 Å². The monoisotopic (exact) mass is 237 g/mol. The average Bonchev–Trinajstić information content (AvgIpc) is 2.27. The first-order chi connectivity index (χ1) is 7.83. The lowest BCUT2D eigenvalue weighted by Crippen LogP contribution is -2.43. The molecule has 4 heteroatoms. The van der Waals surface area contributed by atoms with Gasteiger partial charge in [0.1, 0.15) is 6.61 Å². The van der Waals surface area contributed by atoms with E-state index in [0.717, 1.165) is 5.56 Å². The molecule has 1 unspecified atom stereocenters. The Morgan fingerprint density at radius 3 is 2.47 bits per heavy atom. The molecule has 0 amide bonds. The minimum atomic E-state index is -0.0124. The lowest BCUT2D eigenvalue weighted by Gasteiger charge is -2.31. The topological polar surface area (TPSA) is 51.4 Å². The van der Waals surface area contributed by atoms with Crippen LogP contribution in [0.1, 0.15) is 32.4 Å². The van der Waals surface area contributed by atoms with Crippen molar-refractivity contribution < 1.29 is 4.74 Å². The summed E-state index contributed by atoms with van der Waals surface area (Å²) >= 11 is 0. The lowest BCUT2D eigenvalue weighted by molar-refractivity contribution is 0.111. The summed E-state index contributed by atoms with van der Waals surface area (Å²) in [6.45, 7) is 6.80. The predicted octanol–water partition coefficient (Wildman–Crippen LogP) is 1.82. The van der Waals surface area contributed by atoms with Gasteiger partial charge in [0.05, 0.1) is 0 Å². The van der Waals surface area contributed by atoms with Crippen molar-refractivity contribution in [1.82, 2.24) is 9.88 Å². The van der Waals surface area contributed by atoms with Crippen LogP contribution in [0.3, 0.4) is 0 Å². The first-order valence-electron chi connectivity index (χ1n) is 5.84. The number of hydrogen-bond donors (Lipinski definition) is 1. The van der Waals surface area contributed by atoms with Gasteiger partial charge >= 0.3 is 0 Å². The summed E-state index contributed by atoms with van der Waals surface area (Å²) in [5.74, 6) is 0.643. The van der Waals surface area contributed by atoms with Crippen LogP contribution in [0.15, 0.2) is 18.3 Å². The fraction of sp³-hybridized carbons (Fsp3) is 0.615. The van der Waals surface area contributed by atoms with Crippen LogP contribution in [-0.2, 0) is 0 Å². The molecule has 1 rings (SSSR count). The van der Waals surface area contributed by atoms with Crippen molar-refractivity contribution in [2.75, 3.05) is 20.7 Å². The molecule has 17 heavy (non-hydrogen) atoms. The van der Waals surface area contributed by atoms with Crippen LogP contribution in [0.4, 0.5) is 0 Å². The molecule has 0 aliphatic rings. The Morgan fingerprint density at radius 2 is 2.06 bits per heavy atom. The maximum absolute atomic E-state index is 5.76. The highest BCUT2D eigenvalue weighted by atomic mass is 16.5. The number of pyridine rings is 1. The molecule has 96 valence electrons. The van der Waals surface area contributed by atoms with Gasteiger partial charge < -0.3 is 15.4 Å². The Labute approximate surface area is 104 Å². The second-order valence-electron chi connectivity index (χ2n) is 5.21. The van der Waals surface area contributed by atoms with Gasteiger partial charge in [-0.3, -0.25) is 0 Å². The minimum Gasteiger partial charge on any atom is -0.476 e. The SMILES string of the molecule is CC(N)c1ccc(OCC(C)(C)N(C)C)nc1. The Morgan fingerprint density at radius 1 is 1.41 bits per heavy atom. The van der Waals surface area contributed by atoms with Gasteiger partial charge in [-0.1, -0.05) is 6.07 Å².